The van der Waals surface area contributed by atoms with Crippen LogP contribution in [0.4, 0.5) is 5.69 Å². The number of H-pyrrole nitrogens is 1. The topological polar surface area (TPSA) is 74.0 Å². The van der Waals surface area contributed by atoms with Gasteiger partial charge in [0.25, 0.3) is 0 Å². The molecule has 3 aromatic rings. The van der Waals surface area contributed by atoms with E-state index in [0.717, 1.165) is 25.7 Å². The first-order chi connectivity index (χ1) is 12.0. The number of aromatic amines is 1. The Hall–Kier alpha value is -2.35. The van der Waals surface area contributed by atoms with E-state index >= 15 is 0 Å². The standard InChI is InChI=1S/C19H18IN3O2/c1-12(24)22-18(19(25)23-17-9-5-3-7-15(17)20)10-13-11-21-16-8-4-2-6-14(13)16/h2-9,11,18,21H,10H2,1H3,(H,22,24)(H,23,25). The summed E-state index contributed by atoms with van der Waals surface area (Å²) in [6.07, 6.45) is 2.30. The van der Waals surface area contributed by atoms with Crippen molar-refractivity contribution in [2.45, 2.75) is 19.4 Å². The highest BCUT2D eigenvalue weighted by Gasteiger charge is 2.22. The van der Waals surface area contributed by atoms with Crippen LogP contribution in [0.5, 0.6) is 0 Å². The Morgan fingerprint density at radius 2 is 1.84 bits per heavy atom. The van der Waals surface area contributed by atoms with E-state index in [1.165, 1.54) is 6.92 Å². The molecule has 128 valence electrons. The summed E-state index contributed by atoms with van der Waals surface area (Å²) in [5.74, 6) is -0.465. The van der Waals surface area contributed by atoms with E-state index in [9.17, 15) is 9.59 Å². The van der Waals surface area contributed by atoms with E-state index in [1.807, 2.05) is 54.7 Å². The normalized spacial score (nSPS) is 11.9. The van der Waals surface area contributed by atoms with Gasteiger partial charge in [0, 0.05) is 34.0 Å². The van der Waals surface area contributed by atoms with Gasteiger partial charge in [0.15, 0.2) is 0 Å². The number of para-hydroxylation sites is 2. The average Bonchev–Trinajstić information content (AvgIpc) is 2.99. The molecule has 3 N–H and O–H groups in total. The number of hydrogen-bond acceptors (Lipinski definition) is 2. The van der Waals surface area contributed by atoms with Gasteiger partial charge in [-0.15, -0.1) is 0 Å². The minimum absolute atomic E-state index is 0.232. The van der Waals surface area contributed by atoms with Crippen molar-refractivity contribution in [2.75, 3.05) is 5.32 Å². The van der Waals surface area contributed by atoms with Crippen molar-refractivity contribution in [2.24, 2.45) is 0 Å². The number of carbonyl (C=O) groups excluding carboxylic acids is 2. The highest BCUT2D eigenvalue weighted by Crippen LogP contribution is 2.21. The van der Waals surface area contributed by atoms with Crippen molar-refractivity contribution in [3.8, 4) is 0 Å². The van der Waals surface area contributed by atoms with Crippen LogP contribution >= 0.6 is 22.6 Å². The summed E-state index contributed by atoms with van der Waals surface area (Å²) < 4.78 is 0.946. The highest BCUT2D eigenvalue weighted by atomic mass is 127. The lowest BCUT2D eigenvalue weighted by Crippen LogP contribution is -2.44. The van der Waals surface area contributed by atoms with E-state index in [4.69, 9.17) is 0 Å². The van der Waals surface area contributed by atoms with Gasteiger partial charge in [-0.25, -0.2) is 0 Å². The Labute approximate surface area is 159 Å². The molecular formula is C19H18IN3O2. The predicted molar refractivity (Wildman–Crippen MR) is 107 cm³/mol. The third-order valence-electron chi connectivity index (χ3n) is 3.92. The Morgan fingerprint density at radius 1 is 1.12 bits per heavy atom. The van der Waals surface area contributed by atoms with Crippen molar-refractivity contribution in [3.63, 3.8) is 0 Å². The van der Waals surface area contributed by atoms with E-state index in [1.54, 1.807) is 0 Å². The quantitative estimate of drug-likeness (QED) is 0.525. The summed E-state index contributed by atoms with van der Waals surface area (Å²) in [6, 6.07) is 14.8. The summed E-state index contributed by atoms with van der Waals surface area (Å²) in [5.41, 5.74) is 2.74. The molecule has 0 saturated heterocycles. The molecule has 1 unspecified atom stereocenters. The molecule has 1 aromatic heterocycles. The first-order valence-corrected chi connectivity index (χ1v) is 9.00. The minimum Gasteiger partial charge on any atom is -0.361 e. The van der Waals surface area contributed by atoms with Crippen molar-refractivity contribution in [1.82, 2.24) is 10.3 Å². The second-order valence-corrected chi connectivity index (χ2v) is 6.95. The van der Waals surface area contributed by atoms with E-state index in [0.29, 0.717) is 6.42 Å². The number of amides is 2. The van der Waals surface area contributed by atoms with Crippen LogP contribution in [-0.2, 0) is 16.0 Å². The minimum atomic E-state index is -0.646. The van der Waals surface area contributed by atoms with Gasteiger partial charge in [-0.05, 0) is 46.4 Å². The fourth-order valence-electron chi connectivity index (χ4n) is 2.76. The summed E-state index contributed by atoms with van der Waals surface area (Å²) in [6.45, 7) is 1.42. The lowest BCUT2D eigenvalue weighted by atomic mass is 10.0. The van der Waals surface area contributed by atoms with Crippen LogP contribution in [0.3, 0.4) is 0 Å². The Kier molecular flexibility index (Phi) is 5.37. The van der Waals surface area contributed by atoms with Crippen LogP contribution < -0.4 is 10.6 Å². The summed E-state index contributed by atoms with van der Waals surface area (Å²) >= 11 is 2.17. The number of carbonyl (C=O) groups is 2. The van der Waals surface area contributed by atoms with E-state index in [-0.39, 0.29) is 11.8 Å². The second kappa shape index (κ2) is 7.69. The lowest BCUT2D eigenvalue weighted by molar-refractivity contribution is -0.125. The molecule has 0 aliphatic carbocycles. The lowest BCUT2D eigenvalue weighted by Gasteiger charge is -2.18. The second-order valence-electron chi connectivity index (χ2n) is 5.79. The summed E-state index contributed by atoms with van der Waals surface area (Å²) in [5, 5.41) is 6.72. The molecule has 25 heavy (non-hydrogen) atoms. The third-order valence-corrected chi connectivity index (χ3v) is 4.87. The van der Waals surface area contributed by atoms with Gasteiger partial charge in [-0.3, -0.25) is 9.59 Å². The molecule has 0 radical (unpaired) electrons. The first kappa shape index (κ1) is 17.5. The van der Waals surface area contributed by atoms with E-state index in [2.05, 4.69) is 38.2 Å². The smallest absolute Gasteiger partial charge is 0.247 e. The van der Waals surface area contributed by atoms with Gasteiger partial charge in [-0.2, -0.15) is 0 Å². The number of rotatable bonds is 5. The molecular weight excluding hydrogens is 429 g/mol. The molecule has 2 amide bonds. The Bertz CT molecular complexity index is 920. The van der Waals surface area contributed by atoms with Crippen LogP contribution in [0.2, 0.25) is 0 Å². The summed E-state index contributed by atoms with van der Waals surface area (Å²) in [7, 11) is 0. The van der Waals surface area contributed by atoms with Gasteiger partial charge in [0.2, 0.25) is 11.8 Å². The maximum atomic E-state index is 12.7. The third kappa shape index (κ3) is 4.19. The molecule has 0 aliphatic rings. The number of benzene rings is 2. The van der Waals surface area contributed by atoms with Gasteiger partial charge in [-0.1, -0.05) is 30.3 Å². The van der Waals surface area contributed by atoms with Crippen LogP contribution in [-0.4, -0.2) is 22.8 Å². The molecule has 0 aliphatic heterocycles. The van der Waals surface area contributed by atoms with Crippen molar-refractivity contribution in [3.05, 3.63) is 63.9 Å². The molecule has 1 heterocycles. The van der Waals surface area contributed by atoms with Gasteiger partial charge < -0.3 is 15.6 Å². The van der Waals surface area contributed by atoms with Gasteiger partial charge >= 0.3 is 0 Å². The predicted octanol–water partition coefficient (Wildman–Crippen LogP) is 3.46. The zero-order valence-electron chi connectivity index (χ0n) is 13.7. The van der Waals surface area contributed by atoms with Gasteiger partial charge in [0.05, 0.1) is 5.69 Å². The average molecular weight is 447 g/mol. The Morgan fingerprint density at radius 3 is 2.60 bits per heavy atom. The fraction of sp³-hybridized carbons (Fsp3) is 0.158. The van der Waals surface area contributed by atoms with Crippen LogP contribution in [0.1, 0.15) is 12.5 Å². The molecule has 0 bridgehead atoms. The molecule has 5 nitrogen and oxygen atoms in total. The molecule has 6 heteroatoms. The Balaban J connectivity index is 1.83. The zero-order valence-corrected chi connectivity index (χ0v) is 15.8. The fourth-order valence-corrected chi connectivity index (χ4v) is 3.28. The monoisotopic (exact) mass is 447 g/mol. The first-order valence-electron chi connectivity index (χ1n) is 7.92. The van der Waals surface area contributed by atoms with Crippen LogP contribution in [0.15, 0.2) is 54.7 Å². The number of nitrogens with one attached hydrogen (secondary N) is 3. The zero-order chi connectivity index (χ0) is 17.8. The largest absolute Gasteiger partial charge is 0.361 e. The molecule has 0 fully saturated rings. The van der Waals surface area contributed by atoms with Crippen molar-refractivity contribution >= 4 is 51.0 Å². The summed E-state index contributed by atoms with van der Waals surface area (Å²) in [4.78, 5) is 27.5. The number of anilines is 1. The maximum Gasteiger partial charge on any atom is 0.247 e. The molecule has 3 rings (SSSR count). The molecule has 2 aromatic carbocycles. The van der Waals surface area contributed by atoms with E-state index < -0.39 is 6.04 Å². The highest BCUT2D eigenvalue weighted by molar-refractivity contribution is 14.1. The number of fused-ring (bicyclic) bond motifs is 1. The number of hydrogen-bond donors (Lipinski definition) is 3. The maximum absolute atomic E-state index is 12.7. The van der Waals surface area contributed by atoms with Crippen molar-refractivity contribution in [1.29, 1.82) is 0 Å². The van der Waals surface area contributed by atoms with Gasteiger partial charge in [0.1, 0.15) is 6.04 Å². The molecule has 0 saturated carbocycles. The number of aromatic nitrogens is 1. The van der Waals surface area contributed by atoms with Crippen LogP contribution in [0.25, 0.3) is 10.9 Å². The van der Waals surface area contributed by atoms with Crippen LogP contribution in [0, 0.1) is 3.57 Å². The number of halogens is 1. The molecule has 1 atom stereocenters. The van der Waals surface area contributed by atoms with Crippen molar-refractivity contribution < 1.29 is 9.59 Å². The molecule has 0 spiro atoms. The SMILES string of the molecule is CC(=O)NC(Cc1c[nH]c2ccccc12)C(=O)Nc1ccccc1I.